The molecule has 1 saturated carbocycles. The van der Waals surface area contributed by atoms with Crippen LogP contribution < -0.4 is 0 Å². The third-order valence-electron chi connectivity index (χ3n) is 5.06. The van der Waals surface area contributed by atoms with Crippen molar-refractivity contribution in [2.45, 2.75) is 43.4 Å². The SMILES string of the molecule is Cc1cc(-c2ccccc2)nc(SCC(=O)N(C2CC2)[C@@H]2CCS(=O)(=O)C2)n1. The van der Waals surface area contributed by atoms with Gasteiger partial charge in [-0.2, -0.15) is 0 Å². The molecule has 2 fully saturated rings. The Morgan fingerprint density at radius 1 is 1.14 bits per heavy atom. The third-order valence-corrected chi connectivity index (χ3v) is 7.64. The summed E-state index contributed by atoms with van der Waals surface area (Å²) in [6, 6.07) is 11.8. The maximum Gasteiger partial charge on any atom is 0.233 e. The van der Waals surface area contributed by atoms with Crippen LogP contribution in [0, 0.1) is 6.92 Å². The minimum absolute atomic E-state index is 0.0130. The quantitative estimate of drug-likeness (QED) is 0.531. The molecule has 0 N–H and O–H groups in total. The molecular weight excluding hydrogens is 394 g/mol. The van der Waals surface area contributed by atoms with Gasteiger partial charge in [0.05, 0.1) is 23.0 Å². The van der Waals surface area contributed by atoms with Crippen LogP contribution in [-0.2, 0) is 14.6 Å². The number of aromatic nitrogens is 2. The van der Waals surface area contributed by atoms with Crippen molar-refractivity contribution in [3.05, 3.63) is 42.1 Å². The highest BCUT2D eigenvalue weighted by Crippen LogP contribution is 2.33. The first-order valence-corrected chi connectivity index (χ1v) is 12.3. The number of carbonyl (C=O) groups is 1. The Balaban J connectivity index is 1.46. The Hall–Kier alpha value is -1.93. The van der Waals surface area contributed by atoms with Crippen molar-refractivity contribution < 1.29 is 13.2 Å². The first-order chi connectivity index (χ1) is 13.4. The largest absolute Gasteiger partial charge is 0.335 e. The van der Waals surface area contributed by atoms with Gasteiger partial charge < -0.3 is 4.90 Å². The summed E-state index contributed by atoms with van der Waals surface area (Å²) < 4.78 is 23.7. The number of thioether (sulfide) groups is 1. The molecule has 1 aliphatic heterocycles. The predicted octanol–water partition coefficient (Wildman–Crippen LogP) is 2.72. The van der Waals surface area contributed by atoms with E-state index in [0.29, 0.717) is 11.6 Å². The number of hydrogen-bond donors (Lipinski definition) is 0. The Labute approximate surface area is 169 Å². The molecule has 0 unspecified atom stereocenters. The van der Waals surface area contributed by atoms with Crippen molar-refractivity contribution in [1.82, 2.24) is 14.9 Å². The first kappa shape index (κ1) is 19.4. The minimum atomic E-state index is -3.01. The molecule has 6 nitrogen and oxygen atoms in total. The molecule has 2 aliphatic rings. The van der Waals surface area contributed by atoms with Crippen molar-refractivity contribution in [2.75, 3.05) is 17.3 Å². The van der Waals surface area contributed by atoms with E-state index in [1.165, 1.54) is 11.8 Å². The highest BCUT2D eigenvalue weighted by atomic mass is 32.2. The molecule has 2 aromatic rings. The number of aryl methyl sites for hydroxylation is 1. The molecule has 8 heteroatoms. The van der Waals surface area contributed by atoms with E-state index in [4.69, 9.17) is 0 Å². The molecular formula is C20H23N3O3S2. The smallest absolute Gasteiger partial charge is 0.233 e. The van der Waals surface area contributed by atoms with E-state index in [9.17, 15) is 13.2 Å². The maximum absolute atomic E-state index is 12.9. The van der Waals surface area contributed by atoms with Crippen LogP contribution in [0.4, 0.5) is 0 Å². The van der Waals surface area contributed by atoms with E-state index in [-0.39, 0.29) is 35.2 Å². The predicted molar refractivity (Wildman–Crippen MR) is 110 cm³/mol. The number of sulfone groups is 1. The van der Waals surface area contributed by atoms with Gasteiger partial charge in [0, 0.05) is 23.3 Å². The lowest BCUT2D eigenvalue weighted by atomic mass is 10.1. The highest BCUT2D eigenvalue weighted by Gasteiger charge is 2.41. The molecule has 1 amide bonds. The molecule has 4 rings (SSSR count). The van der Waals surface area contributed by atoms with Crippen LogP contribution in [0.15, 0.2) is 41.6 Å². The lowest BCUT2D eigenvalue weighted by Gasteiger charge is -2.28. The molecule has 148 valence electrons. The number of nitrogens with zero attached hydrogens (tertiary/aromatic N) is 3. The van der Waals surface area contributed by atoms with Gasteiger partial charge in [0.25, 0.3) is 0 Å². The van der Waals surface area contributed by atoms with Gasteiger partial charge in [-0.3, -0.25) is 4.79 Å². The fraction of sp³-hybridized carbons (Fsp3) is 0.450. The van der Waals surface area contributed by atoms with Crippen LogP contribution in [0.2, 0.25) is 0 Å². The summed E-state index contributed by atoms with van der Waals surface area (Å²) >= 11 is 1.32. The number of benzene rings is 1. The van der Waals surface area contributed by atoms with Crippen LogP contribution in [0.3, 0.4) is 0 Å². The normalized spacial score (nSPS) is 20.8. The third kappa shape index (κ3) is 4.55. The van der Waals surface area contributed by atoms with Gasteiger partial charge >= 0.3 is 0 Å². The highest BCUT2D eigenvalue weighted by molar-refractivity contribution is 7.99. The second-order valence-corrected chi connectivity index (χ2v) is 10.6. The Kier molecular flexibility index (Phi) is 5.42. The van der Waals surface area contributed by atoms with E-state index in [1.54, 1.807) is 0 Å². The summed E-state index contributed by atoms with van der Waals surface area (Å²) in [5.74, 6) is 0.493. The lowest BCUT2D eigenvalue weighted by molar-refractivity contribution is -0.130. The molecule has 1 aromatic carbocycles. The van der Waals surface area contributed by atoms with Gasteiger partial charge in [-0.15, -0.1) is 0 Å². The Bertz CT molecular complexity index is 975. The zero-order valence-corrected chi connectivity index (χ0v) is 17.4. The standard InChI is InChI=1S/C20H23N3O3S2/c1-14-11-18(15-5-3-2-4-6-15)22-20(21-14)27-12-19(24)23(16-7-8-16)17-9-10-28(25,26)13-17/h2-6,11,16-17H,7-10,12-13H2,1H3/t17-/m1/s1. The average molecular weight is 418 g/mol. The zero-order valence-electron chi connectivity index (χ0n) is 15.7. The number of rotatable bonds is 6. The van der Waals surface area contributed by atoms with Gasteiger partial charge in [0.15, 0.2) is 15.0 Å². The van der Waals surface area contributed by atoms with Crippen molar-refractivity contribution in [3.63, 3.8) is 0 Å². The molecule has 0 spiro atoms. The van der Waals surface area contributed by atoms with Gasteiger partial charge in [-0.1, -0.05) is 42.1 Å². The average Bonchev–Trinajstić information content (AvgIpc) is 3.43. The maximum atomic E-state index is 12.9. The fourth-order valence-electron chi connectivity index (χ4n) is 3.62. The first-order valence-electron chi connectivity index (χ1n) is 9.47. The summed E-state index contributed by atoms with van der Waals surface area (Å²) in [5, 5.41) is 0.571. The molecule has 1 atom stereocenters. The second kappa shape index (κ2) is 7.83. The molecule has 0 radical (unpaired) electrons. The van der Waals surface area contributed by atoms with E-state index in [0.717, 1.165) is 29.8 Å². The molecule has 28 heavy (non-hydrogen) atoms. The molecule has 1 aromatic heterocycles. The van der Waals surface area contributed by atoms with E-state index in [2.05, 4.69) is 9.97 Å². The van der Waals surface area contributed by atoms with Crippen molar-refractivity contribution in [3.8, 4) is 11.3 Å². The summed E-state index contributed by atoms with van der Waals surface area (Å²) in [7, 11) is -3.01. The molecule has 1 saturated heterocycles. The van der Waals surface area contributed by atoms with Crippen molar-refractivity contribution >= 4 is 27.5 Å². The van der Waals surface area contributed by atoms with Crippen LogP contribution in [0.25, 0.3) is 11.3 Å². The second-order valence-electron chi connectivity index (χ2n) is 7.42. The van der Waals surface area contributed by atoms with Crippen molar-refractivity contribution in [2.24, 2.45) is 0 Å². The Morgan fingerprint density at radius 2 is 1.89 bits per heavy atom. The molecule has 2 heterocycles. The zero-order chi connectivity index (χ0) is 19.7. The Morgan fingerprint density at radius 3 is 2.54 bits per heavy atom. The van der Waals surface area contributed by atoms with Crippen LogP contribution in [0.5, 0.6) is 0 Å². The monoisotopic (exact) mass is 417 g/mol. The fourth-order valence-corrected chi connectivity index (χ4v) is 6.10. The summed E-state index contributed by atoms with van der Waals surface area (Å²) in [5.41, 5.74) is 2.70. The summed E-state index contributed by atoms with van der Waals surface area (Å²) in [4.78, 5) is 23.8. The number of amides is 1. The van der Waals surface area contributed by atoms with Crippen LogP contribution in [0.1, 0.15) is 25.0 Å². The van der Waals surface area contributed by atoms with Gasteiger partial charge in [0.2, 0.25) is 5.91 Å². The van der Waals surface area contributed by atoms with Gasteiger partial charge in [-0.05, 0) is 32.3 Å². The number of carbonyl (C=O) groups excluding carboxylic acids is 1. The van der Waals surface area contributed by atoms with Crippen molar-refractivity contribution in [1.29, 1.82) is 0 Å². The number of hydrogen-bond acceptors (Lipinski definition) is 6. The van der Waals surface area contributed by atoms with Crippen LogP contribution in [-0.4, -0.2) is 58.5 Å². The van der Waals surface area contributed by atoms with Gasteiger partial charge in [-0.25, -0.2) is 18.4 Å². The topological polar surface area (TPSA) is 80.2 Å². The molecule has 1 aliphatic carbocycles. The van der Waals surface area contributed by atoms with Crippen LogP contribution >= 0.6 is 11.8 Å². The summed E-state index contributed by atoms with van der Waals surface area (Å²) in [6.45, 7) is 1.92. The van der Waals surface area contributed by atoms with E-state index >= 15 is 0 Å². The van der Waals surface area contributed by atoms with E-state index in [1.807, 2.05) is 48.2 Å². The van der Waals surface area contributed by atoms with E-state index < -0.39 is 9.84 Å². The minimum Gasteiger partial charge on any atom is -0.335 e. The summed E-state index contributed by atoms with van der Waals surface area (Å²) in [6.07, 6.45) is 2.48. The lowest BCUT2D eigenvalue weighted by Crippen LogP contribution is -2.43. The molecule has 0 bridgehead atoms. The van der Waals surface area contributed by atoms with Gasteiger partial charge in [0.1, 0.15) is 0 Å².